The predicted molar refractivity (Wildman–Crippen MR) is 154 cm³/mol. The number of nitrogens with one attached hydrogen (secondary N) is 1. The van der Waals surface area contributed by atoms with Gasteiger partial charge in [0.2, 0.25) is 0 Å². The summed E-state index contributed by atoms with van der Waals surface area (Å²) in [5.41, 5.74) is 8.50. The van der Waals surface area contributed by atoms with Crippen molar-refractivity contribution in [3.05, 3.63) is 72.4 Å². The van der Waals surface area contributed by atoms with Crippen LogP contribution in [0, 0.1) is 5.82 Å². The van der Waals surface area contributed by atoms with E-state index in [4.69, 9.17) is 10.5 Å². The van der Waals surface area contributed by atoms with Gasteiger partial charge < -0.3 is 10.5 Å². The summed E-state index contributed by atoms with van der Waals surface area (Å²) in [5.74, 6) is -4.28. The first kappa shape index (κ1) is 31.6. The van der Waals surface area contributed by atoms with Crippen molar-refractivity contribution in [2.75, 3.05) is 10.5 Å². The topological polar surface area (TPSA) is 130 Å². The van der Waals surface area contributed by atoms with Gasteiger partial charge in [-0.15, -0.1) is 0 Å². The van der Waals surface area contributed by atoms with Crippen LogP contribution >= 0.6 is 0 Å². The molecule has 0 saturated carbocycles. The Balaban J connectivity index is 1.58. The molecule has 3 aromatic heterocycles. The standard InChI is InChI=1S/C28H25F6N7O3S/c1-15(16-3-6-19(29)7-4-16)44-22-11-17(5-8-21(22)39-45(42,43)27(30)31)24-23-25(40(2)38-24)20(13-36-26(23)35)18-12-37-41(14-18)10-9-28(32,33)34/h3-8,11-15,27,39H,9-10H2,1-2H3,(H2,35,36)/t15-/m0/s1. The summed E-state index contributed by atoms with van der Waals surface area (Å²) in [4.78, 5) is 4.25. The second-order valence-corrected chi connectivity index (χ2v) is 11.7. The third kappa shape index (κ3) is 6.82. The van der Waals surface area contributed by atoms with Crippen molar-refractivity contribution in [3.8, 4) is 28.1 Å². The molecule has 17 heteroatoms. The maximum atomic E-state index is 13.5. The maximum absolute atomic E-state index is 13.5. The average molecular weight is 654 g/mol. The van der Waals surface area contributed by atoms with Crippen LogP contribution in [0.4, 0.5) is 37.8 Å². The number of rotatable bonds is 10. The number of sulfonamides is 1. The quantitative estimate of drug-likeness (QED) is 0.170. The molecule has 3 heterocycles. The molecule has 10 nitrogen and oxygen atoms in total. The Morgan fingerprint density at radius 3 is 2.44 bits per heavy atom. The molecule has 3 N–H and O–H groups in total. The minimum Gasteiger partial charge on any atom is -0.484 e. The number of hydrogen-bond acceptors (Lipinski definition) is 7. The van der Waals surface area contributed by atoms with E-state index in [1.54, 1.807) is 14.0 Å². The highest BCUT2D eigenvalue weighted by Gasteiger charge is 2.28. The molecule has 0 unspecified atom stereocenters. The van der Waals surface area contributed by atoms with Gasteiger partial charge in [-0.3, -0.25) is 14.1 Å². The Kier molecular flexibility index (Phi) is 8.39. The molecule has 0 aliphatic carbocycles. The van der Waals surface area contributed by atoms with Crippen molar-refractivity contribution in [1.29, 1.82) is 0 Å². The first-order valence-electron chi connectivity index (χ1n) is 13.2. The number of fused-ring (bicyclic) bond motifs is 1. The van der Waals surface area contributed by atoms with Crippen LogP contribution in [0.1, 0.15) is 25.0 Å². The van der Waals surface area contributed by atoms with Crippen LogP contribution in [0.3, 0.4) is 0 Å². The number of ether oxygens (including phenoxy) is 1. The molecule has 1 atom stereocenters. The van der Waals surface area contributed by atoms with Crippen molar-refractivity contribution in [1.82, 2.24) is 24.5 Å². The van der Waals surface area contributed by atoms with Gasteiger partial charge in [0.15, 0.2) is 0 Å². The Bertz CT molecular complexity index is 1960. The van der Waals surface area contributed by atoms with E-state index in [0.29, 0.717) is 33.2 Å². The van der Waals surface area contributed by atoms with E-state index >= 15 is 0 Å². The molecule has 5 rings (SSSR count). The predicted octanol–water partition coefficient (Wildman–Crippen LogP) is 6.28. The van der Waals surface area contributed by atoms with Gasteiger partial charge >= 0.3 is 11.9 Å². The number of benzene rings is 2. The second-order valence-electron chi connectivity index (χ2n) is 10.0. The number of anilines is 2. The van der Waals surface area contributed by atoms with Gasteiger partial charge in [0.25, 0.3) is 10.0 Å². The van der Waals surface area contributed by atoms with Crippen LogP contribution in [0.5, 0.6) is 5.75 Å². The van der Waals surface area contributed by atoms with E-state index in [1.807, 2.05) is 4.72 Å². The Hall–Kier alpha value is -4.80. The molecular weight excluding hydrogens is 628 g/mol. The Labute approximate surface area is 252 Å². The summed E-state index contributed by atoms with van der Waals surface area (Å²) in [6.45, 7) is 1.22. The van der Waals surface area contributed by atoms with Gasteiger partial charge in [0.1, 0.15) is 29.2 Å². The third-order valence-electron chi connectivity index (χ3n) is 6.84. The normalized spacial score (nSPS) is 13.0. The molecule has 5 aromatic rings. The number of alkyl halides is 5. The second kappa shape index (κ2) is 11.9. The number of nitrogens with zero attached hydrogens (tertiary/aromatic N) is 5. The third-order valence-corrected chi connectivity index (χ3v) is 7.82. The van der Waals surface area contributed by atoms with Crippen molar-refractivity contribution in [3.63, 3.8) is 0 Å². The average Bonchev–Trinajstić information content (AvgIpc) is 3.58. The van der Waals surface area contributed by atoms with Gasteiger partial charge in [-0.05, 0) is 36.8 Å². The van der Waals surface area contributed by atoms with Crippen molar-refractivity contribution in [2.45, 2.75) is 37.9 Å². The van der Waals surface area contributed by atoms with Crippen molar-refractivity contribution < 1.29 is 39.5 Å². The van der Waals surface area contributed by atoms with Crippen molar-refractivity contribution in [2.24, 2.45) is 7.05 Å². The van der Waals surface area contributed by atoms with Gasteiger partial charge in [-0.2, -0.15) is 32.1 Å². The summed E-state index contributed by atoms with van der Waals surface area (Å²) >= 11 is 0. The van der Waals surface area contributed by atoms with Gasteiger partial charge in [0.05, 0.1) is 29.2 Å². The fourth-order valence-electron chi connectivity index (χ4n) is 4.66. The number of aryl methyl sites for hydroxylation is 2. The lowest BCUT2D eigenvalue weighted by molar-refractivity contribution is -0.137. The van der Waals surface area contributed by atoms with Crippen LogP contribution in [0.15, 0.2) is 61.1 Å². The van der Waals surface area contributed by atoms with Crippen LogP contribution in [-0.2, 0) is 23.6 Å². The number of aromatic nitrogens is 5. The highest BCUT2D eigenvalue weighted by molar-refractivity contribution is 7.93. The van der Waals surface area contributed by atoms with E-state index < -0.39 is 40.3 Å². The Morgan fingerprint density at radius 2 is 1.78 bits per heavy atom. The summed E-state index contributed by atoms with van der Waals surface area (Å²) in [6, 6.07) is 9.35. The van der Waals surface area contributed by atoms with E-state index in [-0.39, 0.29) is 29.5 Å². The molecule has 2 aromatic carbocycles. The molecular formula is C28H25F6N7O3S. The van der Waals surface area contributed by atoms with E-state index in [9.17, 15) is 34.8 Å². The molecule has 45 heavy (non-hydrogen) atoms. The highest BCUT2D eigenvalue weighted by atomic mass is 32.2. The first-order valence-corrected chi connectivity index (χ1v) is 14.7. The lowest BCUT2D eigenvalue weighted by Crippen LogP contribution is -2.21. The molecule has 0 amide bonds. The minimum absolute atomic E-state index is 0.0611. The molecule has 238 valence electrons. The van der Waals surface area contributed by atoms with E-state index in [1.165, 1.54) is 65.7 Å². The molecule has 0 radical (unpaired) electrons. The molecule has 0 fully saturated rings. The Morgan fingerprint density at radius 1 is 1.07 bits per heavy atom. The number of nitrogens with two attached hydrogens (primary N) is 1. The number of halogens is 6. The van der Waals surface area contributed by atoms with Gasteiger partial charge in [0, 0.05) is 42.7 Å². The largest absolute Gasteiger partial charge is 0.484 e. The number of hydrogen-bond donors (Lipinski definition) is 2. The van der Waals surface area contributed by atoms with E-state index in [0.717, 1.165) is 4.68 Å². The zero-order valence-electron chi connectivity index (χ0n) is 23.6. The minimum atomic E-state index is -5.07. The summed E-state index contributed by atoms with van der Waals surface area (Å²) in [5, 5.41) is 8.95. The zero-order valence-corrected chi connectivity index (χ0v) is 24.4. The SMILES string of the molecule is C[C@H](Oc1cc(-c2nn(C)c3c(-c4cnn(CCC(F)(F)F)c4)cnc(N)c23)ccc1NS(=O)(=O)C(F)F)c1ccc(F)cc1. The van der Waals surface area contributed by atoms with Crippen LogP contribution in [0.25, 0.3) is 33.3 Å². The number of nitrogen functional groups attached to an aromatic ring is 1. The zero-order chi connectivity index (χ0) is 32.7. The fraction of sp³-hybridized carbons (Fsp3) is 0.250. The highest BCUT2D eigenvalue weighted by Crippen LogP contribution is 2.40. The monoisotopic (exact) mass is 653 g/mol. The molecule has 0 aliphatic rings. The molecule has 0 aliphatic heterocycles. The maximum Gasteiger partial charge on any atom is 0.390 e. The summed E-state index contributed by atoms with van der Waals surface area (Å²) < 4.78 is 113. The van der Waals surface area contributed by atoms with Gasteiger partial charge in [-0.1, -0.05) is 18.2 Å². The summed E-state index contributed by atoms with van der Waals surface area (Å²) in [7, 11) is -3.46. The smallest absolute Gasteiger partial charge is 0.390 e. The van der Waals surface area contributed by atoms with E-state index in [2.05, 4.69) is 15.2 Å². The fourth-order valence-corrected chi connectivity index (χ4v) is 5.22. The first-order chi connectivity index (χ1) is 21.1. The number of pyridine rings is 1. The summed E-state index contributed by atoms with van der Waals surface area (Å²) in [6.07, 6.45) is -1.92. The van der Waals surface area contributed by atoms with Crippen LogP contribution < -0.4 is 15.2 Å². The molecule has 0 bridgehead atoms. The van der Waals surface area contributed by atoms with Gasteiger partial charge in [-0.25, -0.2) is 17.8 Å². The molecule has 0 spiro atoms. The van der Waals surface area contributed by atoms with Crippen LogP contribution in [-0.4, -0.2) is 44.9 Å². The van der Waals surface area contributed by atoms with Crippen LogP contribution in [0.2, 0.25) is 0 Å². The lowest BCUT2D eigenvalue weighted by atomic mass is 10.0. The lowest BCUT2D eigenvalue weighted by Gasteiger charge is -2.19. The molecule has 0 saturated heterocycles. The van der Waals surface area contributed by atoms with Crippen molar-refractivity contribution >= 4 is 32.4 Å².